The van der Waals surface area contributed by atoms with Gasteiger partial charge in [0.05, 0.1) is 25.3 Å². The monoisotopic (exact) mass is 371 g/mol. The summed E-state index contributed by atoms with van der Waals surface area (Å²) in [5, 5.41) is 0. The standard InChI is InChI=1S/C23H33NO3/c1-7-16-9-15(3)10-17(8-2)21(16)18-11-19-13-26-14-20(12-18)24(19)22(25)27-23(4,5)6/h9-11,19-20H,7-8,12-14H2,1-6H3. The molecule has 0 aliphatic carbocycles. The van der Waals surface area contributed by atoms with E-state index in [0.717, 1.165) is 19.3 Å². The molecule has 2 unspecified atom stereocenters. The van der Waals surface area contributed by atoms with Crippen molar-refractivity contribution in [3.8, 4) is 0 Å². The van der Waals surface area contributed by atoms with Crippen LogP contribution in [0.3, 0.4) is 0 Å². The molecule has 4 heteroatoms. The molecule has 1 aromatic rings. The van der Waals surface area contributed by atoms with Gasteiger partial charge in [0, 0.05) is 0 Å². The molecule has 1 fully saturated rings. The van der Waals surface area contributed by atoms with Crippen molar-refractivity contribution >= 4 is 11.7 Å². The van der Waals surface area contributed by atoms with E-state index in [1.807, 2.05) is 25.7 Å². The first-order chi connectivity index (χ1) is 12.7. The maximum atomic E-state index is 12.8. The molecule has 0 radical (unpaired) electrons. The third kappa shape index (κ3) is 4.21. The topological polar surface area (TPSA) is 38.8 Å². The summed E-state index contributed by atoms with van der Waals surface area (Å²) in [4.78, 5) is 14.7. The number of carbonyl (C=O) groups is 1. The molecule has 2 aliphatic heterocycles. The highest BCUT2D eigenvalue weighted by atomic mass is 16.6. The smallest absolute Gasteiger partial charge is 0.411 e. The number of ether oxygens (including phenoxy) is 2. The zero-order valence-corrected chi connectivity index (χ0v) is 17.6. The fraction of sp³-hybridized carbons (Fsp3) is 0.609. The van der Waals surface area contributed by atoms with Crippen LogP contribution < -0.4 is 0 Å². The minimum Gasteiger partial charge on any atom is -0.444 e. The van der Waals surface area contributed by atoms with Crippen molar-refractivity contribution in [1.29, 1.82) is 0 Å². The van der Waals surface area contributed by atoms with Crippen molar-refractivity contribution in [2.24, 2.45) is 0 Å². The van der Waals surface area contributed by atoms with Crippen molar-refractivity contribution in [3.63, 3.8) is 0 Å². The van der Waals surface area contributed by atoms with Crippen LogP contribution in [0.4, 0.5) is 4.79 Å². The van der Waals surface area contributed by atoms with Gasteiger partial charge in [-0.25, -0.2) is 4.79 Å². The van der Waals surface area contributed by atoms with Crippen LogP contribution in [0.15, 0.2) is 18.2 Å². The molecule has 0 spiro atoms. The molecular weight excluding hydrogens is 338 g/mol. The van der Waals surface area contributed by atoms with E-state index in [0.29, 0.717) is 13.2 Å². The van der Waals surface area contributed by atoms with Crippen LogP contribution >= 0.6 is 0 Å². The second kappa shape index (κ2) is 7.67. The maximum Gasteiger partial charge on any atom is 0.411 e. The second-order valence-electron chi connectivity index (χ2n) is 8.71. The van der Waals surface area contributed by atoms with Crippen LogP contribution in [0.2, 0.25) is 0 Å². The Kier molecular flexibility index (Phi) is 5.66. The zero-order valence-electron chi connectivity index (χ0n) is 17.6. The predicted molar refractivity (Wildman–Crippen MR) is 109 cm³/mol. The van der Waals surface area contributed by atoms with Gasteiger partial charge in [0.1, 0.15) is 5.60 Å². The largest absolute Gasteiger partial charge is 0.444 e. The average Bonchev–Trinajstić information content (AvgIpc) is 2.58. The SMILES string of the molecule is CCc1cc(C)cc(CC)c1C1=CC2COCC(C1)N2C(=O)OC(C)(C)C. The van der Waals surface area contributed by atoms with Crippen LogP contribution in [0.1, 0.15) is 63.3 Å². The summed E-state index contributed by atoms with van der Waals surface area (Å²) in [7, 11) is 0. The van der Waals surface area contributed by atoms with Gasteiger partial charge in [-0.1, -0.05) is 37.6 Å². The van der Waals surface area contributed by atoms with E-state index in [4.69, 9.17) is 9.47 Å². The number of morpholine rings is 1. The van der Waals surface area contributed by atoms with Crippen LogP contribution in [-0.2, 0) is 22.3 Å². The first kappa shape index (κ1) is 19.9. The molecular formula is C23H33NO3. The number of rotatable bonds is 3. The Hall–Kier alpha value is -1.81. The Morgan fingerprint density at radius 3 is 2.33 bits per heavy atom. The number of carbonyl (C=O) groups excluding carboxylic acids is 1. The van der Waals surface area contributed by atoms with E-state index in [9.17, 15) is 4.79 Å². The molecule has 1 aromatic carbocycles. The maximum absolute atomic E-state index is 12.8. The fourth-order valence-electron chi connectivity index (χ4n) is 4.29. The number of hydrogen-bond donors (Lipinski definition) is 0. The normalized spacial score (nSPS) is 22.4. The summed E-state index contributed by atoms with van der Waals surface area (Å²) in [6, 6.07) is 4.59. The highest BCUT2D eigenvalue weighted by Gasteiger charge is 2.40. The number of fused-ring (bicyclic) bond motifs is 2. The Balaban J connectivity index is 1.98. The van der Waals surface area contributed by atoms with Crippen molar-refractivity contribution in [2.75, 3.05) is 13.2 Å². The Labute approximate surface area is 163 Å². The van der Waals surface area contributed by atoms with E-state index in [2.05, 4.69) is 39.0 Å². The molecule has 4 nitrogen and oxygen atoms in total. The lowest BCUT2D eigenvalue weighted by Crippen LogP contribution is -2.57. The van der Waals surface area contributed by atoms with Gasteiger partial charge < -0.3 is 9.47 Å². The zero-order chi connectivity index (χ0) is 19.8. The molecule has 1 saturated heterocycles. The first-order valence-electron chi connectivity index (χ1n) is 10.2. The van der Waals surface area contributed by atoms with E-state index in [1.54, 1.807) is 0 Å². The van der Waals surface area contributed by atoms with Gasteiger partial charge in [-0.3, -0.25) is 4.90 Å². The molecule has 0 N–H and O–H groups in total. The Bertz CT molecular complexity index is 719. The third-order valence-electron chi connectivity index (χ3n) is 5.33. The molecule has 0 saturated carbocycles. The molecule has 27 heavy (non-hydrogen) atoms. The molecule has 2 atom stereocenters. The van der Waals surface area contributed by atoms with Gasteiger partial charge in [-0.15, -0.1) is 0 Å². The van der Waals surface area contributed by atoms with Crippen molar-refractivity contribution in [3.05, 3.63) is 40.5 Å². The van der Waals surface area contributed by atoms with Crippen molar-refractivity contribution < 1.29 is 14.3 Å². The molecule has 2 aliphatic rings. The van der Waals surface area contributed by atoms with Gasteiger partial charge in [0.2, 0.25) is 0 Å². The quantitative estimate of drug-likeness (QED) is 0.758. The summed E-state index contributed by atoms with van der Waals surface area (Å²) in [6.07, 6.45) is 4.86. The van der Waals surface area contributed by atoms with E-state index >= 15 is 0 Å². The summed E-state index contributed by atoms with van der Waals surface area (Å²) >= 11 is 0. The lowest BCUT2D eigenvalue weighted by Gasteiger charge is -2.45. The van der Waals surface area contributed by atoms with Gasteiger partial charge >= 0.3 is 6.09 Å². The highest BCUT2D eigenvalue weighted by Crippen LogP contribution is 2.37. The molecule has 2 heterocycles. The molecule has 148 valence electrons. The number of nitrogens with zero attached hydrogens (tertiary/aromatic N) is 1. The van der Waals surface area contributed by atoms with Gasteiger partial charge in [0.15, 0.2) is 0 Å². The molecule has 1 amide bonds. The van der Waals surface area contributed by atoms with Gasteiger partial charge in [-0.2, -0.15) is 0 Å². The summed E-state index contributed by atoms with van der Waals surface area (Å²) < 4.78 is 11.4. The lowest BCUT2D eigenvalue weighted by atomic mass is 9.83. The number of aryl methyl sites for hydroxylation is 3. The van der Waals surface area contributed by atoms with Gasteiger partial charge in [0.25, 0.3) is 0 Å². The first-order valence-corrected chi connectivity index (χ1v) is 10.2. The summed E-state index contributed by atoms with van der Waals surface area (Å²) in [5.41, 5.74) is 6.40. The van der Waals surface area contributed by atoms with Gasteiger partial charge in [-0.05, 0) is 69.2 Å². The van der Waals surface area contributed by atoms with Crippen molar-refractivity contribution in [2.45, 2.75) is 78.5 Å². The minimum atomic E-state index is -0.488. The summed E-state index contributed by atoms with van der Waals surface area (Å²) in [5.74, 6) is 0. The fourth-order valence-corrected chi connectivity index (χ4v) is 4.29. The van der Waals surface area contributed by atoms with Crippen molar-refractivity contribution in [1.82, 2.24) is 4.90 Å². The number of hydrogen-bond acceptors (Lipinski definition) is 3. The Morgan fingerprint density at radius 1 is 1.19 bits per heavy atom. The molecule has 2 bridgehead atoms. The van der Waals surface area contributed by atoms with Crippen LogP contribution in [0, 0.1) is 6.92 Å². The number of amides is 1. The second-order valence-corrected chi connectivity index (χ2v) is 8.71. The highest BCUT2D eigenvalue weighted by molar-refractivity contribution is 5.77. The predicted octanol–water partition coefficient (Wildman–Crippen LogP) is 4.91. The minimum absolute atomic E-state index is 0.0364. The third-order valence-corrected chi connectivity index (χ3v) is 5.33. The Morgan fingerprint density at radius 2 is 1.81 bits per heavy atom. The number of benzene rings is 1. The van der Waals surface area contributed by atoms with E-state index in [1.165, 1.54) is 27.8 Å². The molecule has 3 rings (SSSR count). The van der Waals surface area contributed by atoms with Crippen LogP contribution in [-0.4, -0.2) is 41.9 Å². The van der Waals surface area contributed by atoms with E-state index in [-0.39, 0.29) is 18.2 Å². The lowest BCUT2D eigenvalue weighted by molar-refractivity contribution is -0.0510. The van der Waals surface area contributed by atoms with E-state index < -0.39 is 5.60 Å². The average molecular weight is 372 g/mol. The summed E-state index contributed by atoms with van der Waals surface area (Å²) in [6.45, 7) is 13.5. The van der Waals surface area contributed by atoms with Crippen LogP contribution in [0.5, 0.6) is 0 Å². The van der Waals surface area contributed by atoms with Crippen LogP contribution in [0.25, 0.3) is 5.57 Å². The molecule has 0 aromatic heterocycles.